The fourth-order valence-electron chi connectivity index (χ4n) is 2.75. The van der Waals surface area contributed by atoms with Gasteiger partial charge in [-0.3, -0.25) is 0 Å². The number of nitrogens with zero attached hydrogens (tertiary/aromatic N) is 1. The summed E-state index contributed by atoms with van der Waals surface area (Å²) in [4.78, 5) is 28.1. The Kier molecular flexibility index (Phi) is 2.48. The Morgan fingerprint density at radius 3 is 2.32 bits per heavy atom. The summed E-state index contributed by atoms with van der Waals surface area (Å²) in [5.41, 5.74) is 1.34. The van der Waals surface area contributed by atoms with Crippen LogP contribution >= 0.6 is 0 Å². The summed E-state index contributed by atoms with van der Waals surface area (Å²) >= 11 is 0. The lowest BCUT2D eigenvalue weighted by Crippen LogP contribution is -2.07. The topological polar surface area (TPSA) is 73.3 Å². The van der Waals surface area contributed by atoms with Gasteiger partial charge in [-0.25, -0.2) is 14.6 Å². The van der Waals surface area contributed by atoms with Crippen LogP contribution in [0.3, 0.4) is 0 Å². The monoisotopic (exact) mass is 293 g/mol. The molecule has 4 aromatic rings. The van der Waals surface area contributed by atoms with Crippen LogP contribution in [0, 0.1) is 13.8 Å². The summed E-state index contributed by atoms with van der Waals surface area (Å²) in [6, 6.07) is 9.04. The molecule has 2 aromatic heterocycles. The number of hydrogen-bond donors (Lipinski definition) is 0. The predicted octanol–water partition coefficient (Wildman–Crippen LogP) is 3.06. The first-order chi connectivity index (χ1) is 10.6. The number of aryl methyl sites for hydroxylation is 2. The Bertz CT molecular complexity index is 1180. The zero-order chi connectivity index (χ0) is 15.4. The molecule has 0 aliphatic rings. The molecular formula is C17H11NO4. The number of fused-ring (bicyclic) bond motifs is 4. The fourth-order valence-corrected chi connectivity index (χ4v) is 2.75. The van der Waals surface area contributed by atoms with Gasteiger partial charge in [0.05, 0.1) is 5.39 Å². The van der Waals surface area contributed by atoms with Crippen molar-refractivity contribution in [2.75, 3.05) is 0 Å². The van der Waals surface area contributed by atoms with Crippen LogP contribution in [0.4, 0.5) is 0 Å². The molecule has 0 unspecified atom stereocenters. The van der Waals surface area contributed by atoms with Gasteiger partial charge in [0.25, 0.3) is 0 Å². The Labute approximate surface area is 123 Å². The van der Waals surface area contributed by atoms with E-state index in [4.69, 9.17) is 8.83 Å². The molecule has 0 N–H and O–H groups in total. The van der Waals surface area contributed by atoms with Crippen molar-refractivity contribution in [1.29, 1.82) is 0 Å². The van der Waals surface area contributed by atoms with Crippen LogP contribution in [0.1, 0.15) is 11.3 Å². The lowest BCUT2D eigenvalue weighted by Gasteiger charge is -2.07. The molecule has 5 heteroatoms. The average molecular weight is 293 g/mol. The molecule has 0 atom stereocenters. The van der Waals surface area contributed by atoms with E-state index in [9.17, 15) is 9.59 Å². The first kappa shape index (κ1) is 12.8. The molecule has 0 fully saturated rings. The molecule has 0 spiro atoms. The SMILES string of the molecule is Cc1nc2cc3c(oc(=O)c4ccccc43)c(C)c2oc1=O. The highest BCUT2D eigenvalue weighted by Crippen LogP contribution is 2.30. The van der Waals surface area contributed by atoms with Crippen LogP contribution in [0.5, 0.6) is 0 Å². The standard InChI is InChI=1S/C17H11NO4/c1-8-14-12(7-13-15(8)22-16(19)9(2)18-13)10-5-3-4-6-11(10)17(20)21-14/h3-7H,1-2H3. The Balaban J connectivity index is 2.35. The lowest BCUT2D eigenvalue weighted by molar-refractivity contribution is 0.539. The minimum atomic E-state index is -0.488. The summed E-state index contributed by atoms with van der Waals surface area (Å²) in [7, 11) is 0. The van der Waals surface area contributed by atoms with Crippen LogP contribution in [0.25, 0.3) is 32.8 Å². The Morgan fingerprint density at radius 1 is 0.864 bits per heavy atom. The molecule has 2 heterocycles. The number of aromatic nitrogens is 1. The molecule has 0 aliphatic carbocycles. The van der Waals surface area contributed by atoms with Gasteiger partial charge < -0.3 is 8.83 Å². The second-order valence-electron chi connectivity index (χ2n) is 5.25. The van der Waals surface area contributed by atoms with E-state index in [0.717, 1.165) is 10.8 Å². The molecule has 0 radical (unpaired) electrons. The van der Waals surface area contributed by atoms with E-state index >= 15 is 0 Å². The van der Waals surface area contributed by atoms with Gasteiger partial charge in [0.2, 0.25) is 0 Å². The summed E-state index contributed by atoms with van der Waals surface area (Å²) in [6.45, 7) is 3.36. The normalized spacial score (nSPS) is 11.5. The maximum Gasteiger partial charge on any atom is 0.357 e. The van der Waals surface area contributed by atoms with Gasteiger partial charge in [-0.1, -0.05) is 18.2 Å². The van der Waals surface area contributed by atoms with Crippen molar-refractivity contribution < 1.29 is 8.83 Å². The van der Waals surface area contributed by atoms with Gasteiger partial charge in [-0.05, 0) is 26.0 Å². The zero-order valence-electron chi connectivity index (χ0n) is 12.0. The van der Waals surface area contributed by atoms with Crippen molar-refractivity contribution in [3.63, 3.8) is 0 Å². The smallest absolute Gasteiger partial charge is 0.357 e. The van der Waals surface area contributed by atoms with E-state index in [2.05, 4.69) is 4.98 Å². The molecular weight excluding hydrogens is 282 g/mol. The van der Waals surface area contributed by atoms with Crippen LogP contribution in [0.15, 0.2) is 48.8 Å². The molecule has 2 aromatic carbocycles. The van der Waals surface area contributed by atoms with Crippen molar-refractivity contribution >= 4 is 32.8 Å². The molecule has 5 nitrogen and oxygen atoms in total. The highest BCUT2D eigenvalue weighted by molar-refractivity contribution is 6.09. The molecule has 0 bridgehead atoms. The quantitative estimate of drug-likeness (QED) is 0.283. The maximum absolute atomic E-state index is 12.1. The maximum atomic E-state index is 12.1. The van der Waals surface area contributed by atoms with Crippen LogP contribution in [0.2, 0.25) is 0 Å². The molecule has 0 saturated heterocycles. The van der Waals surface area contributed by atoms with Crippen LogP contribution < -0.4 is 11.3 Å². The van der Waals surface area contributed by atoms with E-state index in [1.165, 1.54) is 0 Å². The van der Waals surface area contributed by atoms with Gasteiger partial charge in [0.1, 0.15) is 16.8 Å². The van der Waals surface area contributed by atoms with Gasteiger partial charge >= 0.3 is 11.3 Å². The second kappa shape index (κ2) is 4.27. The predicted molar refractivity (Wildman–Crippen MR) is 83.3 cm³/mol. The highest BCUT2D eigenvalue weighted by Gasteiger charge is 2.15. The van der Waals surface area contributed by atoms with Gasteiger partial charge in [0, 0.05) is 16.3 Å². The van der Waals surface area contributed by atoms with E-state index in [1.807, 2.05) is 12.1 Å². The minimum absolute atomic E-state index is 0.299. The number of benzene rings is 2. The van der Waals surface area contributed by atoms with Crippen molar-refractivity contribution in [3.05, 3.63) is 62.4 Å². The van der Waals surface area contributed by atoms with Crippen LogP contribution in [-0.4, -0.2) is 4.98 Å². The van der Waals surface area contributed by atoms with Crippen LogP contribution in [-0.2, 0) is 0 Å². The summed E-state index contributed by atoms with van der Waals surface area (Å²) in [6.07, 6.45) is 0. The molecule has 0 aliphatic heterocycles. The van der Waals surface area contributed by atoms with Gasteiger partial charge in [-0.2, -0.15) is 0 Å². The lowest BCUT2D eigenvalue weighted by atomic mass is 10.0. The molecule has 0 saturated carbocycles. The Hall–Kier alpha value is -2.95. The number of hydrogen-bond acceptors (Lipinski definition) is 5. The zero-order valence-corrected chi connectivity index (χ0v) is 12.0. The number of rotatable bonds is 0. The summed E-state index contributed by atoms with van der Waals surface area (Å²) < 4.78 is 10.7. The average Bonchev–Trinajstić information content (AvgIpc) is 2.51. The molecule has 22 heavy (non-hydrogen) atoms. The van der Waals surface area contributed by atoms with Gasteiger partial charge in [0.15, 0.2) is 5.58 Å². The van der Waals surface area contributed by atoms with E-state index < -0.39 is 11.3 Å². The van der Waals surface area contributed by atoms with Crippen molar-refractivity contribution in [3.8, 4) is 0 Å². The summed E-state index contributed by atoms with van der Waals surface area (Å²) in [5.74, 6) is 0. The third kappa shape index (κ3) is 1.62. The summed E-state index contributed by atoms with van der Waals surface area (Å²) in [5, 5.41) is 2.09. The molecule has 0 amide bonds. The van der Waals surface area contributed by atoms with Crippen molar-refractivity contribution in [2.45, 2.75) is 13.8 Å². The Morgan fingerprint density at radius 2 is 1.55 bits per heavy atom. The third-order valence-corrected chi connectivity index (χ3v) is 3.85. The van der Waals surface area contributed by atoms with Crippen molar-refractivity contribution in [1.82, 2.24) is 4.98 Å². The fraction of sp³-hybridized carbons (Fsp3) is 0.118. The highest BCUT2D eigenvalue weighted by atomic mass is 16.4. The largest absolute Gasteiger partial charge is 0.422 e. The van der Waals surface area contributed by atoms with E-state index in [0.29, 0.717) is 33.3 Å². The first-order valence-electron chi connectivity index (χ1n) is 6.83. The molecule has 108 valence electrons. The minimum Gasteiger partial charge on any atom is -0.422 e. The van der Waals surface area contributed by atoms with E-state index in [1.54, 1.807) is 32.0 Å². The third-order valence-electron chi connectivity index (χ3n) is 3.85. The van der Waals surface area contributed by atoms with Gasteiger partial charge in [-0.15, -0.1) is 0 Å². The van der Waals surface area contributed by atoms with Crippen molar-refractivity contribution in [2.24, 2.45) is 0 Å². The second-order valence-corrected chi connectivity index (χ2v) is 5.25. The first-order valence-corrected chi connectivity index (χ1v) is 6.83. The molecule has 4 rings (SSSR count). The van der Waals surface area contributed by atoms with E-state index in [-0.39, 0.29) is 0 Å².